The molecule has 0 unspecified atom stereocenters. The molecule has 2 aliphatic rings. The Balaban J connectivity index is 1.83. The van der Waals surface area contributed by atoms with Gasteiger partial charge in [0, 0.05) is 18.7 Å². The zero-order valence-corrected chi connectivity index (χ0v) is 14.9. The van der Waals surface area contributed by atoms with Crippen molar-refractivity contribution in [1.82, 2.24) is 4.90 Å². The Bertz CT molecular complexity index is 701. The van der Waals surface area contributed by atoms with Gasteiger partial charge >= 0.3 is 7.12 Å². The first kappa shape index (κ1) is 17.0. The minimum Gasteiger partial charge on any atom is -0.399 e. The summed E-state index contributed by atoms with van der Waals surface area (Å²) in [5.74, 6) is -0.0822. The number of aryl methyl sites for hydroxylation is 1. The molecule has 0 radical (unpaired) electrons. The van der Waals surface area contributed by atoms with E-state index < -0.39 is 18.3 Å². The summed E-state index contributed by atoms with van der Waals surface area (Å²) in [6.45, 7) is 11.1. The number of hydrogen-bond donors (Lipinski definition) is 0. The first-order valence-electron chi connectivity index (χ1n) is 8.30. The fourth-order valence-electron chi connectivity index (χ4n) is 2.91. The highest BCUT2D eigenvalue weighted by Gasteiger charge is 2.52. The summed E-state index contributed by atoms with van der Waals surface area (Å²) in [6, 6.07) is 7.80. The number of carbonyl (C=O) groups is 1. The molecule has 1 aromatic carbocycles. The zero-order chi connectivity index (χ0) is 17.7. The van der Waals surface area contributed by atoms with Crippen LogP contribution in [0.1, 0.15) is 43.6 Å². The van der Waals surface area contributed by atoms with Crippen LogP contribution in [-0.2, 0) is 9.31 Å². The van der Waals surface area contributed by atoms with Crippen LogP contribution < -0.4 is 5.46 Å². The van der Waals surface area contributed by atoms with Crippen LogP contribution in [0.25, 0.3) is 0 Å². The van der Waals surface area contributed by atoms with Gasteiger partial charge in [-0.2, -0.15) is 5.26 Å². The summed E-state index contributed by atoms with van der Waals surface area (Å²) in [7, 11) is -0.481. The molecule has 3 rings (SSSR count). The minimum atomic E-state index is -0.481. The van der Waals surface area contributed by atoms with Gasteiger partial charge in [-0.25, -0.2) is 0 Å². The molecule has 0 saturated carbocycles. The van der Waals surface area contributed by atoms with Crippen molar-refractivity contribution in [2.24, 2.45) is 5.92 Å². The maximum atomic E-state index is 12.6. The van der Waals surface area contributed by atoms with E-state index in [9.17, 15) is 4.79 Å². The minimum absolute atomic E-state index is 0.0398. The summed E-state index contributed by atoms with van der Waals surface area (Å²) < 4.78 is 12.2. The SMILES string of the molecule is Cc1ccc(C(=O)N2CC(C#N)C2)cc1B1OC(C)(C)C(C)(C)O1. The highest BCUT2D eigenvalue weighted by atomic mass is 16.7. The number of nitriles is 1. The van der Waals surface area contributed by atoms with Gasteiger partial charge in [0.1, 0.15) is 0 Å². The van der Waals surface area contributed by atoms with Gasteiger partial charge < -0.3 is 14.2 Å². The first-order valence-corrected chi connectivity index (χ1v) is 8.30. The van der Waals surface area contributed by atoms with Crippen LogP contribution in [0.4, 0.5) is 0 Å². The number of nitrogens with zero attached hydrogens (tertiary/aromatic N) is 2. The van der Waals surface area contributed by atoms with Crippen molar-refractivity contribution in [2.75, 3.05) is 13.1 Å². The number of amides is 1. The van der Waals surface area contributed by atoms with Crippen molar-refractivity contribution >= 4 is 18.5 Å². The second-order valence-corrected chi connectivity index (χ2v) is 7.70. The maximum absolute atomic E-state index is 12.6. The molecular weight excluding hydrogens is 303 g/mol. The summed E-state index contributed by atoms with van der Waals surface area (Å²) >= 11 is 0. The highest BCUT2D eigenvalue weighted by Crippen LogP contribution is 2.36. The van der Waals surface area contributed by atoms with Crippen molar-refractivity contribution in [3.8, 4) is 6.07 Å². The Morgan fingerprint density at radius 1 is 1.25 bits per heavy atom. The Morgan fingerprint density at radius 3 is 2.38 bits per heavy atom. The molecule has 2 fully saturated rings. The Labute approximate surface area is 143 Å². The molecule has 1 aromatic rings. The van der Waals surface area contributed by atoms with E-state index in [1.807, 2.05) is 52.8 Å². The molecule has 24 heavy (non-hydrogen) atoms. The lowest BCUT2D eigenvalue weighted by atomic mass is 9.75. The van der Waals surface area contributed by atoms with E-state index in [1.54, 1.807) is 4.90 Å². The molecule has 5 nitrogen and oxygen atoms in total. The lowest BCUT2D eigenvalue weighted by Gasteiger charge is -2.35. The second-order valence-electron chi connectivity index (χ2n) is 7.70. The number of hydrogen-bond acceptors (Lipinski definition) is 4. The molecule has 1 amide bonds. The standard InChI is InChI=1S/C18H23BN2O3/c1-12-6-7-14(16(22)21-10-13(9-20)11-21)8-15(12)19-23-17(2,3)18(4,5)24-19/h6-8,13H,10-11H2,1-5H3. The normalized spacial score (nSPS) is 22.2. The Kier molecular flexibility index (Phi) is 3.97. The number of benzene rings is 1. The van der Waals surface area contributed by atoms with Crippen LogP contribution in [0.3, 0.4) is 0 Å². The van der Waals surface area contributed by atoms with Crippen molar-refractivity contribution < 1.29 is 14.1 Å². The van der Waals surface area contributed by atoms with E-state index in [4.69, 9.17) is 14.6 Å². The van der Waals surface area contributed by atoms with Gasteiger partial charge in [-0.05, 0) is 52.2 Å². The molecule has 126 valence electrons. The molecule has 6 heteroatoms. The van der Waals surface area contributed by atoms with Crippen LogP contribution in [0.2, 0.25) is 0 Å². The van der Waals surface area contributed by atoms with Gasteiger partial charge in [0.15, 0.2) is 0 Å². The predicted molar refractivity (Wildman–Crippen MR) is 91.9 cm³/mol. The lowest BCUT2D eigenvalue weighted by molar-refractivity contribution is 0.00578. The van der Waals surface area contributed by atoms with Gasteiger partial charge in [-0.3, -0.25) is 4.79 Å². The van der Waals surface area contributed by atoms with Gasteiger partial charge in [-0.15, -0.1) is 0 Å². The summed E-state index contributed by atoms with van der Waals surface area (Å²) in [5, 5.41) is 8.86. The highest BCUT2D eigenvalue weighted by molar-refractivity contribution is 6.62. The Hall–Kier alpha value is -1.84. The van der Waals surface area contributed by atoms with E-state index in [-0.39, 0.29) is 11.8 Å². The number of likely N-dealkylation sites (tertiary alicyclic amines) is 1. The topological polar surface area (TPSA) is 62.6 Å². The molecule has 0 atom stereocenters. The largest absolute Gasteiger partial charge is 0.495 e. The fourth-order valence-corrected chi connectivity index (χ4v) is 2.91. The lowest BCUT2D eigenvalue weighted by Crippen LogP contribution is -2.49. The van der Waals surface area contributed by atoms with Gasteiger partial charge in [0.2, 0.25) is 0 Å². The smallest absolute Gasteiger partial charge is 0.399 e. The molecule has 2 saturated heterocycles. The van der Waals surface area contributed by atoms with Crippen LogP contribution in [-0.4, -0.2) is 42.2 Å². The third-order valence-corrected chi connectivity index (χ3v) is 5.38. The zero-order valence-electron chi connectivity index (χ0n) is 14.9. The molecule has 0 aliphatic carbocycles. The van der Waals surface area contributed by atoms with Crippen LogP contribution in [0, 0.1) is 24.2 Å². The first-order chi connectivity index (χ1) is 11.1. The molecular formula is C18H23BN2O3. The summed E-state index contributed by atoms with van der Waals surface area (Å²) in [6.07, 6.45) is 0. The third-order valence-electron chi connectivity index (χ3n) is 5.38. The second kappa shape index (κ2) is 5.61. The Morgan fingerprint density at radius 2 is 1.83 bits per heavy atom. The van der Waals surface area contributed by atoms with Gasteiger partial charge in [0.05, 0.1) is 23.2 Å². The quantitative estimate of drug-likeness (QED) is 0.779. The maximum Gasteiger partial charge on any atom is 0.495 e. The molecule has 0 N–H and O–H groups in total. The van der Waals surface area contributed by atoms with Crippen molar-refractivity contribution in [3.63, 3.8) is 0 Å². The van der Waals surface area contributed by atoms with Gasteiger partial charge in [0.25, 0.3) is 5.91 Å². The average molecular weight is 326 g/mol. The monoisotopic (exact) mass is 326 g/mol. The van der Waals surface area contributed by atoms with Gasteiger partial charge in [-0.1, -0.05) is 11.6 Å². The van der Waals surface area contributed by atoms with Crippen LogP contribution in [0.5, 0.6) is 0 Å². The van der Waals surface area contributed by atoms with E-state index in [2.05, 4.69) is 6.07 Å². The van der Waals surface area contributed by atoms with Crippen molar-refractivity contribution in [2.45, 2.75) is 45.8 Å². The number of carbonyl (C=O) groups excluding carboxylic acids is 1. The molecule has 0 aromatic heterocycles. The van der Waals surface area contributed by atoms with Crippen molar-refractivity contribution in [1.29, 1.82) is 5.26 Å². The van der Waals surface area contributed by atoms with E-state index in [0.29, 0.717) is 18.7 Å². The van der Waals surface area contributed by atoms with E-state index in [0.717, 1.165) is 11.0 Å². The average Bonchev–Trinajstić information content (AvgIpc) is 2.66. The molecule has 0 bridgehead atoms. The molecule has 2 heterocycles. The number of rotatable bonds is 2. The van der Waals surface area contributed by atoms with E-state index >= 15 is 0 Å². The predicted octanol–water partition coefficient (Wildman–Crippen LogP) is 1.89. The molecule has 2 aliphatic heterocycles. The van der Waals surface area contributed by atoms with Crippen molar-refractivity contribution in [3.05, 3.63) is 29.3 Å². The van der Waals surface area contributed by atoms with Crippen LogP contribution >= 0.6 is 0 Å². The summed E-state index contributed by atoms with van der Waals surface area (Å²) in [4.78, 5) is 14.3. The summed E-state index contributed by atoms with van der Waals surface area (Å²) in [5.41, 5.74) is 1.70. The van der Waals surface area contributed by atoms with E-state index in [1.165, 1.54) is 0 Å². The molecule has 0 spiro atoms. The third kappa shape index (κ3) is 2.72. The fraction of sp³-hybridized carbons (Fsp3) is 0.556. The van der Waals surface area contributed by atoms with Crippen LogP contribution in [0.15, 0.2) is 18.2 Å².